The van der Waals surface area contributed by atoms with E-state index in [2.05, 4.69) is 37.5 Å². The molecule has 2 aliphatic rings. The van der Waals surface area contributed by atoms with Crippen molar-refractivity contribution >= 4 is 11.9 Å². The van der Waals surface area contributed by atoms with Crippen LogP contribution in [0.3, 0.4) is 0 Å². The first-order valence-electron chi connectivity index (χ1n) is 5.68. The van der Waals surface area contributed by atoms with Crippen LogP contribution in [-0.4, -0.2) is 22.2 Å². The predicted octanol–water partition coefficient (Wildman–Crippen LogP) is 3.12. The Bertz CT molecular complexity index is 358. The van der Waals surface area contributed by atoms with Crippen molar-refractivity contribution < 1.29 is 41.5 Å². The Hall–Kier alpha value is -1.91. The minimum atomic E-state index is -0.981. The molecule has 0 heterocycles. The minimum absolute atomic E-state index is 0. The molecular formula is C16H18O4Ti. The van der Waals surface area contributed by atoms with Crippen LogP contribution in [0.15, 0.2) is 61.8 Å². The molecule has 110 valence electrons. The Kier molecular flexibility index (Phi) is 23.5. The van der Waals surface area contributed by atoms with Crippen LogP contribution in [0.5, 0.6) is 0 Å². The quantitative estimate of drug-likeness (QED) is 0.465. The summed E-state index contributed by atoms with van der Waals surface area (Å²) in [4.78, 5) is 18.5. The van der Waals surface area contributed by atoms with E-state index in [4.69, 9.17) is 10.2 Å². The molecule has 0 unspecified atom stereocenters. The molecule has 0 spiro atoms. The number of aliphatic carboxylic acids is 2. The summed E-state index contributed by atoms with van der Waals surface area (Å²) < 4.78 is 0. The standard InChI is InChI=1S/2C5H5.2C3H4O2.Ti/c2*1-2-4-5-3-1;2*1-2-3(4)5;/h2*1-3H,4H2;2*2H,1H2,(H,4,5);/q2*-1;;;+2. The first-order valence-corrected chi connectivity index (χ1v) is 5.68. The number of rotatable bonds is 2. The summed E-state index contributed by atoms with van der Waals surface area (Å²) in [5.74, 6) is -1.96. The van der Waals surface area contributed by atoms with Crippen molar-refractivity contribution in [1.29, 1.82) is 0 Å². The van der Waals surface area contributed by atoms with E-state index in [1.807, 2.05) is 24.3 Å². The van der Waals surface area contributed by atoms with Crippen molar-refractivity contribution in [1.82, 2.24) is 0 Å². The Morgan fingerprint density at radius 1 is 0.905 bits per heavy atom. The smallest absolute Gasteiger partial charge is 0.478 e. The van der Waals surface area contributed by atoms with Gasteiger partial charge in [-0.1, -0.05) is 13.2 Å². The largest absolute Gasteiger partial charge is 2.00 e. The van der Waals surface area contributed by atoms with Gasteiger partial charge in [-0.2, -0.15) is 12.2 Å². The summed E-state index contributed by atoms with van der Waals surface area (Å²) in [5, 5.41) is 15.2. The van der Waals surface area contributed by atoms with Crippen LogP contribution in [0, 0.1) is 12.2 Å². The number of allylic oxidation sites excluding steroid dienone is 8. The first-order chi connectivity index (χ1) is 9.54. The van der Waals surface area contributed by atoms with Gasteiger partial charge in [-0.25, -0.2) is 33.9 Å². The first kappa shape index (κ1) is 24.1. The van der Waals surface area contributed by atoms with E-state index in [1.165, 1.54) is 0 Å². The maximum absolute atomic E-state index is 9.25. The van der Waals surface area contributed by atoms with Crippen molar-refractivity contribution in [3.63, 3.8) is 0 Å². The van der Waals surface area contributed by atoms with Gasteiger partial charge in [0.05, 0.1) is 0 Å². The van der Waals surface area contributed by atoms with Crippen LogP contribution in [0.25, 0.3) is 0 Å². The van der Waals surface area contributed by atoms with Gasteiger partial charge in [0.1, 0.15) is 0 Å². The molecule has 0 radical (unpaired) electrons. The van der Waals surface area contributed by atoms with Gasteiger partial charge in [0.25, 0.3) is 0 Å². The van der Waals surface area contributed by atoms with Crippen molar-refractivity contribution in [3.05, 3.63) is 73.9 Å². The summed E-state index contributed by atoms with van der Waals surface area (Å²) in [6.07, 6.45) is 21.7. The van der Waals surface area contributed by atoms with Crippen LogP contribution < -0.4 is 0 Å². The molecule has 0 atom stereocenters. The van der Waals surface area contributed by atoms with E-state index in [0.717, 1.165) is 25.0 Å². The van der Waals surface area contributed by atoms with Gasteiger partial charge in [0.15, 0.2) is 0 Å². The van der Waals surface area contributed by atoms with E-state index in [9.17, 15) is 9.59 Å². The average Bonchev–Trinajstić information content (AvgIpc) is 3.16. The summed E-state index contributed by atoms with van der Waals surface area (Å²) in [6, 6.07) is 0. The molecule has 0 saturated carbocycles. The molecule has 21 heavy (non-hydrogen) atoms. The van der Waals surface area contributed by atoms with Crippen LogP contribution in [0.2, 0.25) is 0 Å². The fourth-order valence-electron chi connectivity index (χ4n) is 0.680. The molecule has 0 aliphatic heterocycles. The van der Waals surface area contributed by atoms with Gasteiger partial charge >= 0.3 is 33.7 Å². The fourth-order valence-corrected chi connectivity index (χ4v) is 0.680. The molecule has 2 aliphatic carbocycles. The molecule has 0 fully saturated rings. The predicted molar refractivity (Wildman–Crippen MR) is 78.8 cm³/mol. The number of hydrogen-bond acceptors (Lipinski definition) is 2. The van der Waals surface area contributed by atoms with Gasteiger partial charge in [0, 0.05) is 12.2 Å². The second-order valence-corrected chi connectivity index (χ2v) is 3.09. The zero-order valence-electron chi connectivity index (χ0n) is 11.7. The van der Waals surface area contributed by atoms with Crippen molar-refractivity contribution in [2.45, 2.75) is 12.8 Å². The van der Waals surface area contributed by atoms with Crippen molar-refractivity contribution in [2.24, 2.45) is 0 Å². The Labute approximate surface area is 140 Å². The van der Waals surface area contributed by atoms with Gasteiger partial charge in [-0.15, -0.1) is 12.8 Å². The third kappa shape index (κ3) is 32.0. The number of carboxylic acid groups (broad SMARTS) is 2. The maximum atomic E-state index is 9.25. The second kappa shape index (κ2) is 20.4. The molecule has 2 rings (SSSR count). The molecular weight excluding hydrogens is 304 g/mol. The van der Waals surface area contributed by atoms with Crippen molar-refractivity contribution in [2.75, 3.05) is 0 Å². The zero-order chi connectivity index (χ0) is 15.6. The summed E-state index contributed by atoms with van der Waals surface area (Å²) in [5.41, 5.74) is 0. The summed E-state index contributed by atoms with van der Waals surface area (Å²) >= 11 is 0. The van der Waals surface area contributed by atoms with E-state index in [1.54, 1.807) is 0 Å². The van der Waals surface area contributed by atoms with E-state index in [0.29, 0.717) is 0 Å². The molecule has 0 aromatic rings. The van der Waals surface area contributed by atoms with Gasteiger partial charge < -0.3 is 10.2 Å². The van der Waals surface area contributed by atoms with Gasteiger partial charge in [-0.05, 0) is 0 Å². The molecule has 4 nitrogen and oxygen atoms in total. The second-order valence-electron chi connectivity index (χ2n) is 3.09. The van der Waals surface area contributed by atoms with Gasteiger partial charge in [-0.3, -0.25) is 12.2 Å². The zero-order valence-corrected chi connectivity index (χ0v) is 13.2. The average molecular weight is 322 g/mol. The minimum Gasteiger partial charge on any atom is -0.478 e. The number of hydrogen-bond donors (Lipinski definition) is 2. The maximum Gasteiger partial charge on any atom is 2.00 e. The van der Waals surface area contributed by atoms with E-state index < -0.39 is 11.9 Å². The Morgan fingerprint density at radius 3 is 1.24 bits per heavy atom. The third-order valence-corrected chi connectivity index (χ3v) is 1.52. The number of carbonyl (C=O) groups is 2. The fraction of sp³-hybridized carbons (Fsp3) is 0.125. The summed E-state index contributed by atoms with van der Waals surface area (Å²) in [6.45, 7) is 5.92. The van der Waals surface area contributed by atoms with Crippen LogP contribution in [0.4, 0.5) is 0 Å². The topological polar surface area (TPSA) is 74.6 Å². The monoisotopic (exact) mass is 322 g/mol. The van der Waals surface area contributed by atoms with E-state index >= 15 is 0 Å². The van der Waals surface area contributed by atoms with Crippen LogP contribution in [0.1, 0.15) is 12.8 Å². The van der Waals surface area contributed by atoms with Crippen molar-refractivity contribution in [3.8, 4) is 0 Å². The SMILES string of the molecule is C=CC(=O)O.C=CC(=O)O.[C-]1=CC=CC1.[C-]1=CC=CC1.[Ti+2]. The van der Waals surface area contributed by atoms with Crippen LogP contribution >= 0.6 is 0 Å². The number of carboxylic acids is 2. The molecule has 0 saturated heterocycles. The van der Waals surface area contributed by atoms with Crippen LogP contribution in [-0.2, 0) is 31.3 Å². The molecule has 0 amide bonds. The normalized spacial score (nSPS) is 11.4. The molecule has 5 heteroatoms. The van der Waals surface area contributed by atoms with E-state index in [-0.39, 0.29) is 21.7 Å². The van der Waals surface area contributed by atoms with Gasteiger partial charge in [0.2, 0.25) is 0 Å². The third-order valence-electron chi connectivity index (χ3n) is 1.52. The molecule has 2 N–H and O–H groups in total. The molecule has 0 aromatic heterocycles. The summed E-state index contributed by atoms with van der Waals surface area (Å²) in [7, 11) is 0. The molecule has 0 bridgehead atoms. The Balaban J connectivity index is -0.000000202. The molecule has 0 aromatic carbocycles. The Morgan fingerprint density at radius 2 is 1.19 bits per heavy atom.